The van der Waals surface area contributed by atoms with Gasteiger partial charge in [0.05, 0.1) is 9.50 Å². The van der Waals surface area contributed by atoms with E-state index in [0.29, 0.717) is 17.4 Å². The normalized spacial score (nSPS) is 10.3. The van der Waals surface area contributed by atoms with E-state index in [9.17, 15) is 4.39 Å². The quantitative estimate of drug-likeness (QED) is 0.916. The molecule has 0 atom stereocenters. The number of nitrogens with zero attached hydrogens (tertiary/aromatic N) is 1. The Morgan fingerprint density at radius 2 is 2.18 bits per heavy atom. The Kier molecular flexibility index (Phi) is 3.97. The molecule has 1 aromatic carbocycles. The number of pyridine rings is 1. The molecule has 0 fully saturated rings. The van der Waals surface area contributed by atoms with Gasteiger partial charge >= 0.3 is 0 Å². The number of benzene rings is 1. The molecule has 0 aliphatic heterocycles. The lowest BCUT2D eigenvalue weighted by atomic mass is 10.2. The molecule has 0 saturated carbocycles. The Bertz CT molecular complexity index is 534. The molecule has 0 radical (unpaired) electrons. The number of halogens is 3. The highest BCUT2D eigenvalue weighted by Gasteiger charge is 2.02. The topological polar surface area (TPSA) is 24.9 Å². The second-order valence-corrected chi connectivity index (χ2v) is 4.76. The van der Waals surface area contributed by atoms with Gasteiger partial charge < -0.3 is 5.32 Å². The lowest BCUT2D eigenvalue weighted by molar-refractivity contribution is 0.626. The fraction of sp³-hybridized carbons (Fsp3) is 0.0833. The summed E-state index contributed by atoms with van der Waals surface area (Å²) in [6.45, 7) is 0.505. The van der Waals surface area contributed by atoms with Gasteiger partial charge in [0.1, 0.15) is 11.6 Å². The van der Waals surface area contributed by atoms with Gasteiger partial charge in [0.15, 0.2) is 0 Å². The summed E-state index contributed by atoms with van der Waals surface area (Å²) in [5.41, 5.74) is 0.855. The van der Waals surface area contributed by atoms with Gasteiger partial charge in [0, 0.05) is 12.7 Å². The van der Waals surface area contributed by atoms with Gasteiger partial charge in [-0.3, -0.25) is 0 Å². The predicted octanol–water partition coefficient (Wildman–Crippen LogP) is 4.25. The Morgan fingerprint density at radius 3 is 2.88 bits per heavy atom. The Morgan fingerprint density at radius 1 is 1.35 bits per heavy atom. The molecule has 0 aliphatic carbocycles. The van der Waals surface area contributed by atoms with Crippen molar-refractivity contribution in [1.82, 2.24) is 4.98 Å². The molecule has 0 saturated heterocycles. The molecule has 1 N–H and O–H groups in total. The maximum Gasteiger partial charge on any atom is 0.140 e. The van der Waals surface area contributed by atoms with Crippen LogP contribution in [0.1, 0.15) is 5.56 Å². The molecule has 0 aliphatic rings. The number of nitrogens with one attached hydrogen (secondary N) is 1. The van der Waals surface area contributed by atoms with E-state index in [2.05, 4.69) is 26.2 Å². The van der Waals surface area contributed by atoms with Crippen molar-refractivity contribution in [3.8, 4) is 0 Å². The van der Waals surface area contributed by atoms with Crippen LogP contribution in [0.4, 0.5) is 10.2 Å². The van der Waals surface area contributed by atoms with E-state index in [-0.39, 0.29) is 5.82 Å². The van der Waals surface area contributed by atoms with Gasteiger partial charge in [-0.1, -0.05) is 23.7 Å². The molecule has 0 spiro atoms. The van der Waals surface area contributed by atoms with Gasteiger partial charge in [0.2, 0.25) is 0 Å². The zero-order chi connectivity index (χ0) is 12.3. The number of aromatic nitrogens is 1. The van der Waals surface area contributed by atoms with Crippen molar-refractivity contribution in [2.24, 2.45) is 0 Å². The molecule has 1 aromatic heterocycles. The Labute approximate surface area is 112 Å². The molecule has 0 amide bonds. The summed E-state index contributed by atoms with van der Waals surface area (Å²) in [7, 11) is 0. The number of hydrogen-bond donors (Lipinski definition) is 1. The summed E-state index contributed by atoms with van der Waals surface area (Å²) in [6, 6.07) is 8.18. The summed E-state index contributed by atoms with van der Waals surface area (Å²) < 4.78 is 13.7. The maximum absolute atomic E-state index is 13.0. The summed E-state index contributed by atoms with van der Waals surface area (Å²) in [5, 5.41) is 3.66. The van der Waals surface area contributed by atoms with E-state index >= 15 is 0 Å². The van der Waals surface area contributed by atoms with Crippen molar-refractivity contribution >= 4 is 33.3 Å². The molecule has 88 valence electrons. The average Bonchev–Trinajstić information content (AvgIpc) is 2.28. The van der Waals surface area contributed by atoms with Crippen molar-refractivity contribution < 1.29 is 4.39 Å². The van der Waals surface area contributed by atoms with Crippen LogP contribution in [0.25, 0.3) is 0 Å². The molecule has 2 aromatic rings. The van der Waals surface area contributed by atoms with Crippen molar-refractivity contribution in [1.29, 1.82) is 0 Å². The third-order valence-electron chi connectivity index (χ3n) is 2.16. The van der Waals surface area contributed by atoms with Gasteiger partial charge in [-0.05, 0) is 39.7 Å². The largest absolute Gasteiger partial charge is 0.365 e. The minimum atomic E-state index is -0.243. The van der Waals surface area contributed by atoms with E-state index in [1.165, 1.54) is 12.1 Å². The van der Waals surface area contributed by atoms with Crippen LogP contribution in [0, 0.1) is 5.82 Å². The molecule has 0 bridgehead atoms. The molecule has 17 heavy (non-hydrogen) atoms. The number of anilines is 1. The van der Waals surface area contributed by atoms with Crippen LogP contribution < -0.4 is 5.32 Å². The maximum atomic E-state index is 13.0. The summed E-state index contributed by atoms with van der Waals surface area (Å²) in [4.78, 5) is 4.13. The van der Waals surface area contributed by atoms with Crippen molar-refractivity contribution in [3.05, 3.63) is 57.4 Å². The number of hydrogen-bond acceptors (Lipinski definition) is 2. The zero-order valence-corrected chi connectivity index (χ0v) is 11.1. The van der Waals surface area contributed by atoms with Gasteiger partial charge in [-0.25, -0.2) is 9.37 Å². The smallest absolute Gasteiger partial charge is 0.140 e. The van der Waals surface area contributed by atoms with Gasteiger partial charge in [-0.15, -0.1) is 0 Å². The first-order valence-corrected chi connectivity index (χ1v) is 6.11. The molecule has 2 nitrogen and oxygen atoms in total. The van der Waals surface area contributed by atoms with Crippen LogP contribution in [0.3, 0.4) is 0 Å². The van der Waals surface area contributed by atoms with Crippen LogP contribution in [-0.2, 0) is 6.54 Å². The van der Waals surface area contributed by atoms with Crippen LogP contribution in [0.2, 0.25) is 5.02 Å². The fourth-order valence-corrected chi connectivity index (χ4v) is 2.16. The van der Waals surface area contributed by atoms with Crippen LogP contribution in [0.15, 0.2) is 41.0 Å². The first-order valence-electron chi connectivity index (χ1n) is 4.94. The zero-order valence-electron chi connectivity index (χ0n) is 8.75. The Balaban J connectivity index is 2.07. The number of rotatable bonds is 3. The van der Waals surface area contributed by atoms with Crippen molar-refractivity contribution in [2.75, 3.05) is 5.32 Å². The second kappa shape index (κ2) is 5.47. The summed E-state index contributed by atoms with van der Waals surface area (Å²) >= 11 is 9.14. The van der Waals surface area contributed by atoms with Crippen LogP contribution >= 0.6 is 27.5 Å². The minimum absolute atomic E-state index is 0.243. The molecule has 5 heteroatoms. The SMILES string of the molecule is Fc1cccc(CNc2ncc(Cl)cc2Br)c1. The van der Waals surface area contributed by atoms with Gasteiger partial charge in [0.25, 0.3) is 0 Å². The predicted molar refractivity (Wildman–Crippen MR) is 70.7 cm³/mol. The lowest BCUT2D eigenvalue weighted by Crippen LogP contribution is -2.02. The Hall–Kier alpha value is -1.13. The van der Waals surface area contributed by atoms with E-state index in [0.717, 1.165) is 10.0 Å². The highest BCUT2D eigenvalue weighted by molar-refractivity contribution is 9.10. The van der Waals surface area contributed by atoms with Gasteiger partial charge in [-0.2, -0.15) is 0 Å². The third kappa shape index (κ3) is 3.41. The van der Waals surface area contributed by atoms with E-state index in [1.807, 2.05) is 6.07 Å². The van der Waals surface area contributed by atoms with Crippen molar-refractivity contribution in [2.45, 2.75) is 6.54 Å². The molecular weight excluding hydrogens is 307 g/mol. The molecule has 0 unspecified atom stereocenters. The first-order chi connectivity index (χ1) is 8.15. The summed E-state index contributed by atoms with van der Waals surface area (Å²) in [5.74, 6) is 0.436. The molecule has 2 rings (SSSR count). The van der Waals surface area contributed by atoms with Crippen molar-refractivity contribution in [3.63, 3.8) is 0 Å². The third-order valence-corrected chi connectivity index (χ3v) is 2.97. The van der Waals surface area contributed by atoms with Crippen LogP contribution in [0.5, 0.6) is 0 Å². The molecule has 1 heterocycles. The van der Waals surface area contributed by atoms with E-state index in [1.54, 1.807) is 18.3 Å². The van der Waals surface area contributed by atoms with E-state index in [4.69, 9.17) is 11.6 Å². The molecular formula is C12H9BrClFN2. The van der Waals surface area contributed by atoms with Crippen LogP contribution in [-0.4, -0.2) is 4.98 Å². The fourth-order valence-electron chi connectivity index (χ4n) is 1.38. The summed E-state index contributed by atoms with van der Waals surface area (Å²) in [6.07, 6.45) is 1.56. The lowest BCUT2D eigenvalue weighted by Gasteiger charge is -2.07. The highest BCUT2D eigenvalue weighted by Crippen LogP contribution is 2.23. The first kappa shape index (κ1) is 12.3. The second-order valence-electron chi connectivity index (χ2n) is 3.47. The van der Waals surface area contributed by atoms with E-state index < -0.39 is 0 Å². The minimum Gasteiger partial charge on any atom is -0.365 e. The highest BCUT2D eigenvalue weighted by atomic mass is 79.9. The average molecular weight is 316 g/mol. The monoisotopic (exact) mass is 314 g/mol. The standard InChI is InChI=1S/C12H9BrClFN2/c13-11-5-9(14)7-17-12(11)16-6-8-2-1-3-10(15)4-8/h1-5,7H,6H2,(H,16,17).